The molecule has 1 aliphatic heterocycles. The molecule has 0 amide bonds. The topological polar surface area (TPSA) is 55.2 Å². The van der Waals surface area contributed by atoms with Gasteiger partial charge in [-0.05, 0) is 0 Å². The Morgan fingerprint density at radius 2 is 2.14 bits per heavy atom. The number of thioether (sulfide) groups is 1. The summed E-state index contributed by atoms with van der Waals surface area (Å²) in [4.78, 5) is 10.1. The highest BCUT2D eigenvalue weighted by Crippen LogP contribution is 2.32. The van der Waals surface area contributed by atoms with Crippen LogP contribution >= 0.6 is 46.6 Å². The summed E-state index contributed by atoms with van der Waals surface area (Å²) in [7, 11) is 0. The summed E-state index contributed by atoms with van der Waals surface area (Å²) in [5.41, 5.74) is -0.269. The van der Waals surface area contributed by atoms with Crippen molar-refractivity contribution in [2.75, 3.05) is 12.3 Å². The van der Waals surface area contributed by atoms with Crippen LogP contribution in [0, 0.1) is 10.1 Å². The molecule has 0 spiro atoms. The van der Waals surface area contributed by atoms with Gasteiger partial charge in [0.05, 0.1) is 4.92 Å². The molecule has 1 aliphatic rings. The van der Waals surface area contributed by atoms with Crippen molar-refractivity contribution >= 4 is 46.6 Å². The first-order valence-corrected chi connectivity index (χ1v) is 5.62. The Kier molecular flexibility index (Phi) is 4.37. The van der Waals surface area contributed by atoms with E-state index in [-0.39, 0.29) is 15.2 Å². The van der Waals surface area contributed by atoms with E-state index in [2.05, 4.69) is 5.32 Å². The minimum absolute atomic E-state index is 0.241. The average molecular weight is 276 g/mol. The minimum atomic E-state index is -0.603. The lowest BCUT2D eigenvalue weighted by molar-refractivity contribution is -0.420. The fourth-order valence-electron chi connectivity index (χ4n) is 0.873. The SMILES string of the molecule is O=[N+]([O-])/C(C(Cl)=C(Cl)Cl)=C1\NCCS1. The molecule has 0 saturated carbocycles. The Morgan fingerprint density at radius 1 is 1.50 bits per heavy atom. The zero-order valence-electron chi connectivity index (χ0n) is 6.72. The van der Waals surface area contributed by atoms with E-state index in [0.29, 0.717) is 11.6 Å². The third kappa shape index (κ3) is 2.70. The maximum atomic E-state index is 10.7. The van der Waals surface area contributed by atoms with Gasteiger partial charge in [-0.25, -0.2) is 0 Å². The van der Waals surface area contributed by atoms with Gasteiger partial charge in [0.1, 0.15) is 9.52 Å². The molecule has 0 aromatic carbocycles. The van der Waals surface area contributed by atoms with Gasteiger partial charge in [0.15, 0.2) is 5.03 Å². The van der Waals surface area contributed by atoms with Gasteiger partial charge < -0.3 is 5.32 Å². The lowest BCUT2D eigenvalue weighted by Crippen LogP contribution is -2.11. The van der Waals surface area contributed by atoms with Gasteiger partial charge in [-0.1, -0.05) is 46.6 Å². The average Bonchev–Trinajstić information content (AvgIpc) is 2.56. The number of allylic oxidation sites excluding steroid dienone is 1. The number of hydrogen-bond donors (Lipinski definition) is 1. The van der Waals surface area contributed by atoms with Crippen LogP contribution in [0.4, 0.5) is 0 Å². The molecule has 14 heavy (non-hydrogen) atoms. The first-order valence-electron chi connectivity index (χ1n) is 3.50. The quantitative estimate of drug-likeness (QED) is 0.622. The van der Waals surface area contributed by atoms with E-state index in [1.54, 1.807) is 0 Å². The van der Waals surface area contributed by atoms with Gasteiger partial charge in [0, 0.05) is 12.3 Å². The highest BCUT2D eigenvalue weighted by Gasteiger charge is 2.27. The Labute approximate surface area is 99.4 Å². The highest BCUT2D eigenvalue weighted by atomic mass is 35.5. The Hall–Kier alpha value is -0.100. The Morgan fingerprint density at radius 3 is 2.50 bits per heavy atom. The zero-order chi connectivity index (χ0) is 10.7. The standard InChI is InChI=1S/C6H5Cl3N2O2S/c7-3(5(8)9)4(11(12)13)6-10-1-2-14-6/h10H,1-2H2/b6-4+. The van der Waals surface area contributed by atoms with Crippen molar-refractivity contribution < 1.29 is 4.92 Å². The van der Waals surface area contributed by atoms with Gasteiger partial charge >= 0.3 is 5.70 Å². The summed E-state index contributed by atoms with van der Waals surface area (Å²) in [5, 5.41) is 13.7. The van der Waals surface area contributed by atoms with Gasteiger partial charge in [0.2, 0.25) is 0 Å². The molecule has 1 saturated heterocycles. The monoisotopic (exact) mass is 274 g/mol. The van der Waals surface area contributed by atoms with Crippen molar-refractivity contribution in [1.29, 1.82) is 0 Å². The molecule has 0 bridgehead atoms. The summed E-state index contributed by atoms with van der Waals surface area (Å²) in [6.45, 7) is 0.668. The third-order valence-electron chi connectivity index (χ3n) is 1.41. The number of nitrogens with zero attached hydrogens (tertiary/aromatic N) is 1. The summed E-state index contributed by atoms with van der Waals surface area (Å²) < 4.78 is -0.305. The van der Waals surface area contributed by atoms with Crippen molar-refractivity contribution in [3.05, 3.63) is 30.4 Å². The van der Waals surface area contributed by atoms with Crippen molar-refractivity contribution in [3.8, 4) is 0 Å². The van der Waals surface area contributed by atoms with Gasteiger partial charge in [-0.2, -0.15) is 0 Å². The molecule has 4 nitrogen and oxygen atoms in total. The number of nitrogens with one attached hydrogen (secondary N) is 1. The molecule has 1 heterocycles. The number of nitro groups is 1. The first kappa shape index (κ1) is 12.0. The highest BCUT2D eigenvalue weighted by molar-refractivity contribution is 8.03. The Balaban J connectivity index is 3.13. The molecule has 0 atom stereocenters. The fourth-order valence-corrected chi connectivity index (χ4v) is 2.20. The molecule has 0 unspecified atom stereocenters. The predicted octanol–water partition coefficient (Wildman–Crippen LogP) is 2.65. The van der Waals surface area contributed by atoms with E-state index in [1.807, 2.05) is 0 Å². The summed E-state index contributed by atoms with van der Waals surface area (Å²) in [5.74, 6) is 0.761. The molecule has 0 aromatic heterocycles. The van der Waals surface area contributed by atoms with Crippen LogP contribution < -0.4 is 5.32 Å². The van der Waals surface area contributed by atoms with Crippen molar-refractivity contribution in [3.63, 3.8) is 0 Å². The summed E-state index contributed by atoms with van der Waals surface area (Å²) in [6, 6.07) is 0. The maximum Gasteiger partial charge on any atom is 0.319 e. The molecule has 78 valence electrons. The lowest BCUT2D eigenvalue weighted by Gasteiger charge is -2.01. The third-order valence-corrected chi connectivity index (χ3v) is 3.38. The number of halogens is 3. The zero-order valence-corrected chi connectivity index (χ0v) is 9.80. The molecule has 1 fully saturated rings. The van der Waals surface area contributed by atoms with Crippen LogP contribution in [-0.2, 0) is 0 Å². The molecular weight excluding hydrogens is 271 g/mol. The van der Waals surface area contributed by atoms with E-state index in [1.165, 1.54) is 11.8 Å². The van der Waals surface area contributed by atoms with E-state index < -0.39 is 4.92 Å². The summed E-state index contributed by atoms with van der Waals surface area (Å²) in [6.07, 6.45) is 0. The second kappa shape index (κ2) is 5.11. The van der Waals surface area contributed by atoms with Gasteiger partial charge in [-0.15, -0.1) is 0 Å². The van der Waals surface area contributed by atoms with Crippen LogP contribution in [0.2, 0.25) is 0 Å². The van der Waals surface area contributed by atoms with E-state index in [9.17, 15) is 10.1 Å². The van der Waals surface area contributed by atoms with Crippen LogP contribution in [0.15, 0.2) is 20.2 Å². The first-order chi connectivity index (χ1) is 6.54. The van der Waals surface area contributed by atoms with Crippen LogP contribution in [0.25, 0.3) is 0 Å². The van der Waals surface area contributed by atoms with Crippen LogP contribution in [0.1, 0.15) is 0 Å². The molecule has 0 radical (unpaired) electrons. The molecular formula is C6H5Cl3N2O2S. The van der Waals surface area contributed by atoms with Crippen LogP contribution in [0.5, 0.6) is 0 Å². The van der Waals surface area contributed by atoms with E-state index >= 15 is 0 Å². The van der Waals surface area contributed by atoms with Gasteiger partial charge in [0.25, 0.3) is 0 Å². The number of hydrogen-bond acceptors (Lipinski definition) is 4. The second-order valence-corrected chi connectivity index (χ2v) is 4.72. The van der Waals surface area contributed by atoms with Gasteiger partial charge in [-0.3, -0.25) is 10.1 Å². The maximum absolute atomic E-state index is 10.7. The smallest absolute Gasteiger partial charge is 0.319 e. The van der Waals surface area contributed by atoms with Crippen molar-refractivity contribution in [2.45, 2.75) is 0 Å². The minimum Gasteiger partial charge on any atom is -0.373 e. The predicted molar refractivity (Wildman–Crippen MR) is 59.1 cm³/mol. The molecule has 0 aromatic rings. The van der Waals surface area contributed by atoms with E-state index in [0.717, 1.165) is 5.75 Å². The van der Waals surface area contributed by atoms with Crippen LogP contribution in [-0.4, -0.2) is 17.2 Å². The molecule has 1 N–H and O–H groups in total. The fraction of sp³-hybridized carbons (Fsp3) is 0.333. The van der Waals surface area contributed by atoms with E-state index in [4.69, 9.17) is 34.8 Å². The lowest BCUT2D eigenvalue weighted by atomic mass is 10.4. The van der Waals surface area contributed by atoms with Crippen LogP contribution in [0.3, 0.4) is 0 Å². The largest absolute Gasteiger partial charge is 0.373 e. The molecule has 0 aliphatic carbocycles. The second-order valence-electron chi connectivity index (χ2n) is 2.28. The number of rotatable bonds is 2. The Bertz CT molecular complexity index is 317. The summed E-state index contributed by atoms with van der Waals surface area (Å²) >= 11 is 17.7. The molecule has 8 heteroatoms. The van der Waals surface area contributed by atoms with Crippen molar-refractivity contribution in [1.82, 2.24) is 5.32 Å². The normalized spacial score (nSPS) is 18.8. The molecule has 1 rings (SSSR count). The van der Waals surface area contributed by atoms with Crippen molar-refractivity contribution in [2.24, 2.45) is 0 Å².